The Balaban J connectivity index is 1.98. The highest BCUT2D eigenvalue weighted by molar-refractivity contribution is 5.37. The number of nitrogens with one attached hydrogen (secondary N) is 1. The third-order valence-electron chi connectivity index (χ3n) is 2.63. The standard InChI is InChI=1S/C12H18N4/c1-2-13-8-11-9-15-12(10-14-11)16-6-4-3-5-7-16/h3-4,9-10,13H,2,5-8H2,1H3. The molecule has 2 heterocycles. The third kappa shape index (κ3) is 2.79. The van der Waals surface area contributed by atoms with E-state index < -0.39 is 0 Å². The zero-order chi connectivity index (χ0) is 11.2. The Labute approximate surface area is 96.4 Å². The lowest BCUT2D eigenvalue weighted by atomic mass is 10.2. The molecule has 1 aliphatic heterocycles. The second-order valence-electron chi connectivity index (χ2n) is 3.85. The molecule has 0 unspecified atom stereocenters. The molecule has 0 atom stereocenters. The lowest BCUT2D eigenvalue weighted by Gasteiger charge is -2.23. The van der Waals surface area contributed by atoms with Gasteiger partial charge >= 0.3 is 0 Å². The minimum atomic E-state index is 0.795. The summed E-state index contributed by atoms with van der Waals surface area (Å²) in [4.78, 5) is 11.1. The zero-order valence-corrected chi connectivity index (χ0v) is 9.69. The average Bonchev–Trinajstić information content (AvgIpc) is 2.38. The molecule has 2 rings (SSSR count). The van der Waals surface area contributed by atoms with E-state index in [-0.39, 0.29) is 0 Å². The van der Waals surface area contributed by atoms with Crippen molar-refractivity contribution in [1.29, 1.82) is 0 Å². The van der Waals surface area contributed by atoms with Crippen molar-refractivity contribution < 1.29 is 0 Å². The Bertz CT molecular complexity index is 345. The van der Waals surface area contributed by atoms with Gasteiger partial charge in [-0.05, 0) is 13.0 Å². The first kappa shape index (κ1) is 11.1. The predicted molar refractivity (Wildman–Crippen MR) is 65.4 cm³/mol. The molecule has 86 valence electrons. The van der Waals surface area contributed by atoms with Crippen LogP contribution in [0.15, 0.2) is 24.5 Å². The van der Waals surface area contributed by atoms with Crippen LogP contribution in [0.1, 0.15) is 19.0 Å². The van der Waals surface area contributed by atoms with E-state index in [0.717, 1.165) is 44.1 Å². The Morgan fingerprint density at radius 1 is 1.31 bits per heavy atom. The molecular formula is C12H18N4. The van der Waals surface area contributed by atoms with Gasteiger partial charge in [0, 0.05) is 19.6 Å². The molecule has 4 nitrogen and oxygen atoms in total. The number of nitrogens with zero attached hydrogens (tertiary/aromatic N) is 3. The van der Waals surface area contributed by atoms with Crippen LogP contribution in [0.25, 0.3) is 0 Å². The van der Waals surface area contributed by atoms with E-state index in [2.05, 4.69) is 39.3 Å². The van der Waals surface area contributed by atoms with Crippen molar-refractivity contribution in [2.75, 3.05) is 24.5 Å². The van der Waals surface area contributed by atoms with Crippen LogP contribution in [0.5, 0.6) is 0 Å². The second kappa shape index (κ2) is 5.61. The molecule has 0 bridgehead atoms. The van der Waals surface area contributed by atoms with E-state index in [1.807, 2.05) is 12.4 Å². The molecule has 16 heavy (non-hydrogen) atoms. The van der Waals surface area contributed by atoms with Crippen LogP contribution >= 0.6 is 0 Å². The summed E-state index contributed by atoms with van der Waals surface area (Å²) < 4.78 is 0. The van der Waals surface area contributed by atoms with Crippen molar-refractivity contribution in [1.82, 2.24) is 15.3 Å². The van der Waals surface area contributed by atoms with Crippen LogP contribution < -0.4 is 10.2 Å². The molecule has 0 aliphatic carbocycles. The van der Waals surface area contributed by atoms with E-state index in [4.69, 9.17) is 0 Å². The molecule has 0 saturated heterocycles. The molecule has 1 aromatic rings. The molecule has 0 fully saturated rings. The summed E-state index contributed by atoms with van der Waals surface area (Å²) in [7, 11) is 0. The van der Waals surface area contributed by atoms with Crippen LogP contribution in [0.3, 0.4) is 0 Å². The summed E-state index contributed by atoms with van der Waals surface area (Å²) in [5, 5.41) is 3.24. The Hall–Kier alpha value is -1.42. The van der Waals surface area contributed by atoms with Gasteiger partial charge in [0.2, 0.25) is 0 Å². The third-order valence-corrected chi connectivity index (χ3v) is 2.63. The SMILES string of the molecule is CCNCc1cnc(N2CC=CCC2)cn1. The summed E-state index contributed by atoms with van der Waals surface area (Å²) in [5.41, 5.74) is 0.998. The van der Waals surface area contributed by atoms with E-state index in [1.54, 1.807) is 0 Å². The first-order chi connectivity index (χ1) is 7.90. The maximum absolute atomic E-state index is 4.44. The van der Waals surface area contributed by atoms with Crippen molar-refractivity contribution in [3.63, 3.8) is 0 Å². The van der Waals surface area contributed by atoms with Gasteiger partial charge in [0.15, 0.2) is 0 Å². The van der Waals surface area contributed by atoms with Crippen molar-refractivity contribution in [2.45, 2.75) is 19.9 Å². The monoisotopic (exact) mass is 218 g/mol. The Morgan fingerprint density at radius 2 is 2.25 bits per heavy atom. The van der Waals surface area contributed by atoms with Gasteiger partial charge in [0.1, 0.15) is 5.82 Å². The van der Waals surface area contributed by atoms with Crippen LogP contribution in [0.2, 0.25) is 0 Å². The maximum Gasteiger partial charge on any atom is 0.147 e. The second-order valence-corrected chi connectivity index (χ2v) is 3.85. The Kier molecular flexibility index (Phi) is 3.88. The smallest absolute Gasteiger partial charge is 0.147 e. The van der Waals surface area contributed by atoms with E-state index in [1.165, 1.54) is 0 Å². The number of hydrogen-bond acceptors (Lipinski definition) is 4. The highest BCUT2D eigenvalue weighted by atomic mass is 15.2. The number of rotatable bonds is 4. The van der Waals surface area contributed by atoms with Crippen LogP contribution in [-0.4, -0.2) is 29.6 Å². The predicted octanol–water partition coefficient (Wildman–Crippen LogP) is 1.35. The molecule has 1 N–H and O–H groups in total. The first-order valence-corrected chi connectivity index (χ1v) is 5.81. The average molecular weight is 218 g/mol. The minimum absolute atomic E-state index is 0.795. The first-order valence-electron chi connectivity index (χ1n) is 5.81. The fourth-order valence-electron chi connectivity index (χ4n) is 1.70. The Morgan fingerprint density at radius 3 is 2.88 bits per heavy atom. The fourth-order valence-corrected chi connectivity index (χ4v) is 1.70. The number of aromatic nitrogens is 2. The topological polar surface area (TPSA) is 41.1 Å². The summed E-state index contributed by atoms with van der Waals surface area (Å²) in [6.45, 7) is 5.82. The minimum Gasteiger partial charge on any atom is -0.351 e. The van der Waals surface area contributed by atoms with Gasteiger partial charge in [-0.25, -0.2) is 4.98 Å². The summed E-state index contributed by atoms with van der Waals surface area (Å²) in [5.74, 6) is 0.976. The fraction of sp³-hybridized carbons (Fsp3) is 0.500. The van der Waals surface area contributed by atoms with Crippen LogP contribution in [-0.2, 0) is 6.54 Å². The number of hydrogen-bond donors (Lipinski definition) is 1. The van der Waals surface area contributed by atoms with E-state index >= 15 is 0 Å². The van der Waals surface area contributed by atoms with Gasteiger partial charge in [-0.1, -0.05) is 19.1 Å². The van der Waals surface area contributed by atoms with Gasteiger partial charge in [0.25, 0.3) is 0 Å². The lowest BCUT2D eigenvalue weighted by Crippen LogP contribution is -2.27. The summed E-state index contributed by atoms with van der Waals surface area (Å²) in [6.07, 6.45) is 9.21. The highest BCUT2D eigenvalue weighted by Crippen LogP contribution is 2.12. The molecule has 0 saturated carbocycles. The highest BCUT2D eigenvalue weighted by Gasteiger charge is 2.08. The van der Waals surface area contributed by atoms with Gasteiger partial charge in [-0.15, -0.1) is 0 Å². The number of anilines is 1. The largest absolute Gasteiger partial charge is 0.351 e. The normalized spacial score (nSPS) is 15.4. The van der Waals surface area contributed by atoms with Crippen molar-refractivity contribution in [2.24, 2.45) is 0 Å². The maximum atomic E-state index is 4.44. The molecule has 0 amide bonds. The quantitative estimate of drug-likeness (QED) is 0.775. The van der Waals surface area contributed by atoms with Crippen LogP contribution in [0, 0.1) is 0 Å². The van der Waals surface area contributed by atoms with Gasteiger partial charge in [-0.2, -0.15) is 0 Å². The van der Waals surface area contributed by atoms with Crippen LogP contribution in [0.4, 0.5) is 5.82 Å². The van der Waals surface area contributed by atoms with Gasteiger partial charge in [-0.3, -0.25) is 4.98 Å². The molecule has 1 aromatic heterocycles. The van der Waals surface area contributed by atoms with Gasteiger partial charge < -0.3 is 10.2 Å². The van der Waals surface area contributed by atoms with Crippen molar-refractivity contribution >= 4 is 5.82 Å². The molecule has 4 heteroatoms. The van der Waals surface area contributed by atoms with Crippen molar-refractivity contribution in [3.05, 3.63) is 30.2 Å². The van der Waals surface area contributed by atoms with E-state index in [9.17, 15) is 0 Å². The lowest BCUT2D eigenvalue weighted by molar-refractivity contribution is 0.704. The summed E-state index contributed by atoms with van der Waals surface area (Å²) in [6, 6.07) is 0. The molecule has 0 spiro atoms. The van der Waals surface area contributed by atoms with Gasteiger partial charge in [0.05, 0.1) is 18.1 Å². The zero-order valence-electron chi connectivity index (χ0n) is 9.69. The molecule has 0 aromatic carbocycles. The summed E-state index contributed by atoms with van der Waals surface area (Å²) >= 11 is 0. The molecular weight excluding hydrogens is 200 g/mol. The molecule has 0 radical (unpaired) electrons. The van der Waals surface area contributed by atoms with Crippen molar-refractivity contribution in [3.8, 4) is 0 Å². The van der Waals surface area contributed by atoms with E-state index in [0.29, 0.717) is 0 Å². The molecule has 1 aliphatic rings.